The minimum absolute atomic E-state index is 0.450. The van der Waals surface area contributed by atoms with Crippen LogP contribution in [0.3, 0.4) is 0 Å². The Morgan fingerprint density at radius 1 is 1.57 bits per heavy atom. The third-order valence-electron chi connectivity index (χ3n) is 1.96. The van der Waals surface area contributed by atoms with Gasteiger partial charge < -0.3 is 9.84 Å². The fourth-order valence-electron chi connectivity index (χ4n) is 1.36. The van der Waals surface area contributed by atoms with Crippen LogP contribution in [0.1, 0.15) is 18.1 Å². The monoisotopic (exact) mass is 191 g/mol. The second-order valence-corrected chi connectivity index (χ2v) is 3.16. The number of hydrogen-bond acceptors (Lipinski definition) is 3. The fourth-order valence-corrected chi connectivity index (χ4v) is 1.36. The summed E-state index contributed by atoms with van der Waals surface area (Å²) in [5.74, 6) is 0.561. The van der Waals surface area contributed by atoms with E-state index in [9.17, 15) is 5.11 Å². The van der Waals surface area contributed by atoms with Gasteiger partial charge in [-0.2, -0.15) is 5.26 Å². The lowest BCUT2D eigenvalue weighted by molar-refractivity contribution is 0.195. The van der Waals surface area contributed by atoms with Crippen molar-refractivity contribution in [1.82, 2.24) is 0 Å². The van der Waals surface area contributed by atoms with Gasteiger partial charge in [0, 0.05) is 0 Å². The maximum atomic E-state index is 9.24. The molecule has 3 nitrogen and oxygen atoms in total. The first-order valence-electron chi connectivity index (χ1n) is 4.43. The van der Waals surface area contributed by atoms with Crippen LogP contribution in [0.2, 0.25) is 0 Å². The van der Waals surface area contributed by atoms with Gasteiger partial charge in [0.05, 0.1) is 18.8 Å². The highest BCUT2D eigenvalue weighted by Crippen LogP contribution is 2.22. The zero-order chi connectivity index (χ0) is 10.6. The normalized spacial score (nSPS) is 11.9. The molecule has 0 aromatic heterocycles. The minimum Gasteiger partial charge on any atom is -0.495 e. The van der Waals surface area contributed by atoms with E-state index in [0.29, 0.717) is 17.7 Å². The van der Waals surface area contributed by atoms with Crippen molar-refractivity contribution in [2.75, 3.05) is 7.11 Å². The molecule has 14 heavy (non-hydrogen) atoms. The third-order valence-corrected chi connectivity index (χ3v) is 1.96. The largest absolute Gasteiger partial charge is 0.495 e. The SMILES string of the molecule is COc1cccc(C[C@H](C)O)c1C#N. The zero-order valence-corrected chi connectivity index (χ0v) is 8.32. The number of aliphatic hydroxyl groups is 1. The predicted octanol–water partition coefficient (Wildman–Crippen LogP) is 1.49. The lowest BCUT2D eigenvalue weighted by atomic mass is 10.0. The molecule has 3 heteroatoms. The van der Waals surface area contributed by atoms with Crippen molar-refractivity contribution in [3.05, 3.63) is 29.3 Å². The predicted molar refractivity (Wildman–Crippen MR) is 53.1 cm³/mol. The van der Waals surface area contributed by atoms with Crippen molar-refractivity contribution in [1.29, 1.82) is 5.26 Å². The Morgan fingerprint density at radius 3 is 2.79 bits per heavy atom. The number of benzene rings is 1. The molecule has 1 aromatic rings. The van der Waals surface area contributed by atoms with Crippen molar-refractivity contribution < 1.29 is 9.84 Å². The van der Waals surface area contributed by atoms with E-state index in [2.05, 4.69) is 6.07 Å². The van der Waals surface area contributed by atoms with E-state index in [1.165, 1.54) is 7.11 Å². The minimum atomic E-state index is -0.450. The van der Waals surface area contributed by atoms with E-state index < -0.39 is 6.10 Å². The van der Waals surface area contributed by atoms with E-state index in [0.717, 1.165) is 5.56 Å². The molecule has 1 atom stereocenters. The van der Waals surface area contributed by atoms with Crippen LogP contribution in [0.25, 0.3) is 0 Å². The number of ether oxygens (including phenoxy) is 1. The maximum absolute atomic E-state index is 9.24. The lowest BCUT2D eigenvalue weighted by Crippen LogP contribution is -2.06. The van der Waals surface area contributed by atoms with Gasteiger partial charge in [0.15, 0.2) is 0 Å². The van der Waals surface area contributed by atoms with E-state index in [-0.39, 0.29) is 0 Å². The average Bonchev–Trinajstić information content (AvgIpc) is 2.16. The molecule has 0 saturated heterocycles. The van der Waals surface area contributed by atoms with Crippen LogP contribution < -0.4 is 4.74 Å². The molecule has 0 heterocycles. The number of hydrogen-bond donors (Lipinski definition) is 1. The van der Waals surface area contributed by atoms with Gasteiger partial charge in [-0.05, 0) is 25.0 Å². The molecule has 0 amide bonds. The van der Waals surface area contributed by atoms with Gasteiger partial charge >= 0.3 is 0 Å². The Labute approximate surface area is 83.6 Å². The standard InChI is InChI=1S/C11H13NO2/c1-8(13)6-9-4-3-5-11(14-2)10(9)7-12/h3-5,8,13H,6H2,1-2H3/t8-/m0/s1. The summed E-state index contributed by atoms with van der Waals surface area (Å²) in [7, 11) is 1.53. The van der Waals surface area contributed by atoms with Crippen LogP contribution in [0.15, 0.2) is 18.2 Å². The van der Waals surface area contributed by atoms with E-state index in [1.54, 1.807) is 13.0 Å². The topological polar surface area (TPSA) is 53.2 Å². The number of nitriles is 1. The summed E-state index contributed by atoms with van der Waals surface area (Å²) in [4.78, 5) is 0. The highest BCUT2D eigenvalue weighted by Gasteiger charge is 2.09. The molecule has 0 aliphatic heterocycles. The van der Waals surface area contributed by atoms with E-state index in [1.807, 2.05) is 12.1 Å². The highest BCUT2D eigenvalue weighted by atomic mass is 16.5. The first kappa shape index (κ1) is 10.6. The Hall–Kier alpha value is -1.53. The summed E-state index contributed by atoms with van der Waals surface area (Å²) >= 11 is 0. The molecule has 0 saturated carbocycles. The molecule has 0 aliphatic rings. The average molecular weight is 191 g/mol. The first-order valence-corrected chi connectivity index (χ1v) is 4.43. The molecule has 0 fully saturated rings. The quantitative estimate of drug-likeness (QED) is 0.787. The van der Waals surface area contributed by atoms with Gasteiger partial charge in [-0.1, -0.05) is 12.1 Å². The summed E-state index contributed by atoms with van der Waals surface area (Å²) in [6.07, 6.45) is 0.0225. The van der Waals surface area contributed by atoms with Crippen molar-refractivity contribution in [2.24, 2.45) is 0 Å². The van der Waals surface area contributed by atoms with Crippen molar-refractivity contribution in [3.63, 3.8) is 0 Å². The van der Waals surface area contributed by atoms with Gasteiger partial charge in [-0.15, -0.1) is 0 Å². The summed E-state index contributed by atoms with van der Waals surface area (Å²) in [5.41, 5.74) is 1.33. The van der Waals surface area contributed by atoms with Crippen molar-refractivity contribution >= 4 is 0 Å². The van der Waals surface area contributed by atoms with Crippen LogP contribution in [0.5, 0.6) is 5.75 Å². The Kier molecular flexibility index (Phi) is 3.49. The van der Waals surface area contributed by atoms with Crippen molar-refractivity contribution in [2.45, 2.75) is 19.4 Å². The van der Waals surface area contributed by atoms with Gasteiger partial charge in [0.2, 0.25) is 0 Å². The van der Waals surface area contributed by atoms with Crippen LogP contribution >= 0.6 is 0 Å². The maximum Gasteiger partial charge on any atom is 0.136 e. The van der Waals surface area contributed by atoms with Crippen LogP contribution in [-0.4, -0.2) is 18.3 Å². The second kappa shape index (κ2) is 4.64. The van der Waals surface area contributed by atoms with E-state index in [4.69, 9.17) is 10.00 Å². The summed E-state index contributed by atoms with van der Waals surface area (Å²) in [6.45, 7) is 1.70. The molecular formula is C11H13NO2. The summed E-state index contributed by atoms with van der Waals surface area (Å²) in [5, 5.41) is 18.2. The van der Waals surface area contributed by atoms with Gasteiger partial charge in [0.1, 0.15) is 11.8 Å². The van der Waals surface area contributed by atoms with Gasteiger partial charge in [0.25, 0.3) is 0 Å². The number of nitrogens with zero attached hydrogens (tertiary/aromatic N) is 1. The first-order chi connectivity index (χ1) is 6.69. The van der Waals surface area contributed by atoms with Gasteiger partial charge in [-0.3, -0.25) is 0 Å². The van der Waals surface area contributed by atoms with Gasteiger partial charge in [-0.25, -0.2) is 0 Å². The van der Waals surface area contributed by atoms with Crippen LogP contribution in [0, 0.1) is 11.3 Å². The van der Waals surface area contributed by atoms with Crippen LogP contribution in [0.4, 0.5) is 0 Å². The Balaban J connectivity index is 3.10. The summed E-state index contributed by atoms with van der Waals surface area (Å²) in [6, 6.07) is 7.47. The lowest BCUT2D eigenvalue weighted by Gasteiger charge is -2.09. The molecular weight excluding hydrogens is 178 g/mol. The summed E-state index contributed by atoms with van der Waals surface area (Å²) < 4.78 is 5.05. The molecule has 0 aliphatic carbocycles. The number of methoxy groups -OCH3 is 1. The van der Waals surface area contributed by atoms with Crippen molar-refractivity contribution in [3.8, 4) is 11.8 Å². The molecule has 0 unspecified atom stereocenters. The third kappa shape index (κ3) is 2.24. The molecule has 1 N–H and O–H groups in total. The molecule has 0 spiro atoms. The Morgan fingerprint density at radius 2 is 2.29 bits per heavy atom. The molecule has 0 radical (unpaired) electrons. The second-order valence-electron chi connectivity index (χ2n) is 3.16. The number of rotatable bonds is 3. The number of aliphatic hydroxyl groups excluding tert-OH is 1. The molecule has 0 bridgehead atoms. The van der Waals surface area contributed by atoms with E-state index >= 15 is 0 Å². The highest BCUT2D eigenvalue weighted by molar-refractivity contribution is 5.48. The fraction of sp³-hybridized carbons (Fsp3) is 0.364. The van der Waals surface area contributed by atoms with Crippen LogP contribution in [-0.2, 0) is 6.42 Å². The molecule has 74 valence electrons. The zero-order valence-electron chi connectivity index (χ0n) is 8.32. The smallest absolute Gasteiger partial charge is 0.136 e. The Bertz CT molecular complexity index is 353. The molecule has 1 rings (SSSR count). The molecule has 1 aromatic carbocycles.